The first-order valence-corrected chi connectivity index (χ1v) is 9.38. The Kier molecular flexibility index (Phi) is 3.48. The molecule has 4 heterocycles. The zero-order valence-corrected chi connectivity index (χ0v) is 14.8. The fourth-order valence-corrected chi connectivity index (χ4v) is 4.21. The summed E-state index contributed by atoms with van der Waals surface area (Å²) in [6.07, 6.45) is 8.04. The molecule has 0 aromatic carbocycles. The molecule has 0 radical (unpaired) electrons. The topological polar surface area (TPSA) is 85.9 Å². The van der Waals surface area contributed by atoms with E-state index in [2.05, 4.69) is 15.1 Å². The highest BCUT2D eigenvalue weighted by molar-refractivity contribution is 5.92. The molecule has 2 fully saturated rings. The van der Waals surface area contributed by atoms with Gasteiger partial charge in [0.15, 0.2) is 0 Å². The van der Waals surface area contributed by atoms with Gasteiger partial charge < -0.3 is 4.90 Å². The van der Waals surface area contributed by atoms with E-state index < -0.39 is 0 Å². The molecule has 1 aliphatic carbocycles. The largest absolute Gasteiger partial charge is 0.345 e. The van der Waals surface area contributed by atoms with E-state index >= 15 is 0 Å². The van der Waals surface area contributed by atoms with Gasteiger partial charge in [0.25, 0.3) is 5.91 Å². The van der Waals surface area contributed by atoms with Gasteiger partial charge in [0.05, 0.1) is 17.9 Å². The Balaban J connectivity index is 1.44. The van der Waals surface area contributed by atoms with Gasteiger partial charge in [0.2, 0.25) is 0 Å². The zero-order valence-electron chi connectivity index (χ0n) is 14.8. The second-order valence-electron chi connectivity index (χ2n) is 7.78. The molecule has 1 amide bonds. The monoisotopic (exact) mass is 354 g/mol. The molecule has 2 aliphatic heterocycles. The van der Waals surface area contributed by atoms with Crippen LogP contribution in [-0.2, 0) is 19.5 Å². The maximum atomic E-state index is 13.0. The second kappa shape index (κ2) is 5.75. The SMILES string of the molecule is Cc1cnc(C(=O)N2C3CCC2Cn2c(nn(CC4CC4)c2=O)C3)cn1. The van der Waals surface area contributed by atoms with Crippen LogP contribution in [0.25, 0.3) is 0 Å². The van der Waals surface area contributed by atoms with Crippen LogP contribution in [0.4, 0.5) is 0 Å². The second-order valence-corrected chi connectivity index (χ2v) is 7.78. The summed E-state index contributed by atoms with van der Waals surface area (Å²) >= 11 is 0. The number of hydrogen-bond donors (Lipinski definition) is 0. The predicted octanol–water partition coefficient (Wildman–Crippen LogP) is 0.783. The molecule has 1 saturated heterocycles. The van der Waals surface area contributed by atoms with Gasteiger partial charge in [-0.2, -0.15) is 5.10 Å². The molecule has 5 rings (SSSR count). The molecule has 0 spiro atoms. The Labute approximate surface area is 150 Å². The van der Waals surface area contributed by atoms with E-state index in [0.717, 1.165) is 30.9 Å². The number of carbonyl (C=O) groups excluding carboxylic acids is 1. The molecular formula is C18H22N6O2. The normalized spacial score (nSPS) is 24.4. The molecule has 2 unspecified atom stereocenters. The van der Waals surface area contributed by atoms with Gasteiger partial charge in [-0.25, -0.2) is 14.5 Å². The number of carbonyl (C=O) groups is 1. The molecule has 2 atom stereocenters. The van der Waals surface area contributed by atoms with Crippen LogP contribution in [0.3, 0.4) is 0 Å². The van der Waals surface area contributed by atoms with Gasteiger partial charge in [-0.3, -0.25) is 14.3 Å². The lowest BCUT2D eigenvalue weighted by Gasteiger charge is -2.27. The first-order chi connectivity index (χ1) is 12.6. The molecule has 26 heavy (non-hydrogen) atoms. The molecule has 8 heteroatoms. The van der Waals surface area contributed by atoms with Crippen molar-refractivity contribution < 1.29 is 4.79 Å². The van der Waals surface area contributed by atoms with Gasteiger partial charge in [-0.15, -0.1) is 0 Å². The molecule has 136 valence electrons. The average molecular weight is 354 g/mol. The smallest absolute Gasteiger partial charge is 0.329 e. The van der Waals surface area contributed by atoms with Crippen molar-refractivity contribution in [3.8, 4) is 0 Å². The third-order valence-electron chi connectivity index (χ3n) is 5.79. The van der Waals surface area contributed by atoms with Gasteiger partial charge in [0.1, 0.15) is 11.5 Å². The van der Waals surface area contributed by atoms with Crippen LogP contribution in [0.2, 0.25) is 0 Å². The Bertz CT molecular complexity index is 911. The highest BCUT2D eigenvalue weighted by Crippen LogP contribution is 2.32. The Hall–Kier alpha value is -2.51. The number of rotatable bonds is 3. The van der Waals surface area contributed by atoms with Crippen molar-refractivity contribution in [2.75, 3.05) is 0 Å². The van der Waals surface area contributed by atoms with Gasteiger partial charge in [-0.1, -0.05) is 0 Å². The third kappa shape index (κ3) is 2.55. The third-order valence-corrected chi connectivity index (χ3v) is 5.79. The van der Waals surface area contributed by atoms with Crippen molar-refractivity contribution in [2.24, 2.45) is 5.92 Å². The van der Waals surface area contributed by atoms with E-state index in [-0.39, 0.29) is 23.7 Å². The zero-order chi connectivity index (χ0) is 17.8. The lowest BCUT2D eigenvalue weighted by molar-refractivity contribution is 0.0658. The van der Waals surface area contributed by atoms with Crippen molar-refractivity contribution in [3.63, 3.8) is 0 Å². The van der Waals surface area contributed by atoms with E-state index in [1.807, 2.05) is 11.8 Å². The van der Waals surface area contributed by atoms with Crippen LogP contribution in [0, 0.1) is 12.8 Å². The molecule has 2 aromatic heterocycles. The van der Waals surface area contributed by atoms with Crippen LogP contribution in [-0.4, -0.2) is 47.2 Å². The minimum atomic E-state index is -0.0888. The van der Waals surface area contributed by atoms with Crippen LogP contribution >= 0.6 is 0 Å². The van der Waals surface area contributed by atoms with Gasteiger partial charge in [0, 0.05) is 31.7 Å². The molecule has 2 aromatic rings. The number of aromatic nitrogens is 5. The van der Waals surface area contributed by atoms with E-state index in [4.69, 9.17) is 0 Å². The van der Waals surface area contributed by atoms with Gasteiger partial charge in [-0.05, 0) is 38.5 Å². The minimum absolute atomic E-state index is 0.0214. The molecule has 8 nitrogen and oxygen atoms in total. The Morgan fingerprint density at radius 3 is 2.69 bits per heavy atom. The summed E-state index contributed by atoms with van der Waals surface area (Å²) in [4.78, 5) is 36.1. The maximum absolute atomic E-state index is 13.0. The van der Waals surface area contributed by atoms with E-state index in [9.17, 15) is 9.59 Å². The Morgan fingerprint density at radius 1 is 1.15 bits per heavy atom. The van der Waals surface area contributed by atoms with Crippen LogP contribution < -0.4 is 5.69 Å². The number of fused-ring (bicyclic) bond motifs is 3. The first-order valence-electron chi connectivity index (χ1n) is 9.38. The van der Waals surface area contributed by atoms with Crippen molar-refractivity contribution in [1.29, 1.82) is 0 Å². The summed E-state index contributed by atoms with van der Waals surface area (Å²) in [6, 6.07) is 0.0983. The van der Waals surface area contributed by atoms with Gasteiger partial charge >= 0.3 is 5.69 Å². The highest BCUT2D eigenvalue weighted by Gasteiger charge is 2.42. The maximum Gasteiger partial charge on any atom is 0.345 e. The fourth-order valence-electron chi connectivity index (χ4n) is 4.21. The van der Waals surface area contributed by atoms with E-state index in [0.29, 0.717) is 24.6 Å². The van der Waals surface area contributed by atoms with Crippen molar-refractivity contribution in [3.05, 3.63) is 40.1 Å². The molecule has 1 saturated carbocycles. The molecule has 0 N–H and O–H groups in total. The minimum Gasteiger partial charge on any atom is -0.329 e. The number of amides is 1. The Morgan fingerprint density at radius 2 is 1.96 bits per heavy atom. The molecular weight excluding hydrogens is 332 g/mol. The summed E-state index contributed by atoms with van der Waals surface area (Å²) in [5.41, 5.74) is 1.14. The summed E-state index contributed by atoms with van der Waals surface area (Å²) in [5.74, 6) is 1.34. The van der Waals surface area contributed by atoms with E-state index in [1.165, 1.54) is 12.8 Å². The lowest BCUT2D eigenvalue weighted by Crippen LogP contribution is -2.43. The standard InChI is InChI=1S/C18H22N6O2/c1-11-7-20-15(8-19-11)17(25)24-13-4-5-14(24)10-22-16(6-13)21-23(18(22)26)9-12-2-3-12/h7-8,12-14H,2-6,9-10H2,1H3. The summed E-state index contributed by atoms with van der Waals surface area (Å²) in [6.45, 7) is 3.11. The van der Waals surface area contributed by atoms with Crippen LogP contribution in [0.1, 0.15) is 47.7 Å². The molecule has 2 bridgehead atoms. The quantitative estimate of drug-likeness (QED) is 0.813. The van der Waals surface area contributed by atoms with Crippen molar-refractivity contribution in [1.82, 2.24) is 29.2 Å². The fraction of sp³-hybridized carbons (Fsp3) is 0.611. The van der Waals surface area contributed by atoms with Crippen molar-refractivity contribution >= 4 is 5.91 Å². The van der Waals surface area contributed by atoms with Crippen molar-refractivity contribution in [2.45, 2.75) is 64.2 Å². The highest BCUT2D eigenvalue weighted by atomic mass is 16.2. The van der Waals surface area contributed by atoms with Crippen LogP contribution in [0.15, 0.2) is 17.2 Å². The number of aryl methyl sites for hydroxylation is 1. The average Bonchev–Trinajstić information content (AvgIpc) is 3.32. The first kappa shape index (κ1) is 15.7. The number of hydrogen-bond acceptors (Lipinski definition) is 5. The lowest BCUT2D eigenvalue weighted by atomic mass is 10.1. The van der Waals surface area contributed by atoms with E-state index in [1.54, 1.807) is 21.6 Å². The predicted molar refractivity (Wildman–Crippen MR) is 92.7 cm³/mol. The molecule has 3 aliphatic rings. The van der Waals surface area contributed by atoms with Crippen LogP contribution in [0.5, 0.6) is 0 Å². The summed E-state index contributed by atoms with van der Waals surface area (Å²) in [7, 11) is 0. The summed E-state index contributed by atoms with van der Waals surface area (Å²) < 4.78 is 3.42. The summed E-state index contributed by atoms with van der Waals surface area (Å²) in [5, 5.41) is 4.59. The number of nitrogens with zero attached hydrogens (tertiary/aromatic N) is 6.